The van der Waals surface area contributed by atoms with Gasteiger partial charge in [-0.15, -0.1) is 0 Å². The fourth-order valence-corrected chi connectivity index (χ4v) is 2.90. The molecule has 2 atom stereocenters. The van der Waals surface area contributed by atoms with E-state index in [2.05, 4.69) is 5.32 Å². The average Bonchev–Trinajstić information content (AvgIpc) is 2.77. The maximum absolute atomic E-state index is 12.2. The standard InChI is InChI=1S/C16H22ClNO3/c1-10(2)8-16(3,20)9-18-15(19)14-7-11-6-12(17)4-5-13(11)21-14/h4-6,10,14,20H,7-9H2,1-3H3,(H,18,19). The highest BCUT2D eigenvalue weighted by Crippen LogP contribution is 2.31. The highest BCUT2D eigenvalue weighted by molar-refractivity contribution is 6.30. The minimum absolute atomic E-state index is 0.202. The molecule has 1 aromatic carbocycles. The van der Waals surface area contributed by atoms with E-state index in [1.807, 2.05) is 19.9 Å². The molecule has 0 spiro atoms. The van der Waals surface area contributed by atoms with Crippen LogP contribution in [-0.4, -0.2) is 29.3 Å². The molecule has 0 aromatic heterocycles. The summed E-state index contributed by atoms with van der Waals surface area (Å²) in [5.41, 5.74) is 0.0371. The molecule has 1 aliphatic rings. The Labute approximate surface area is 130 Å². The molecule has 4 nitrogen and oxygen atoms in total. The summed E-state index contributed by atoms with van der Waals surface area (Å²) in [5.74, 6) is 0.867. The fraction of sp³-hybridized carbons (Fsp3) is 0.562. The van der Waals surface area contributed by atoms with Crippen LogP contribution >= 0.6 is 11.6 Å². The van der Waals surface area contributed by atoms with Gasteiger partial charge in [-0.1, -0.05) is 25.4 Å². The van der Waals surface area contributed by atoms with Crippen molar-refractivity contribution in [2.75, 3.05) is 6.54 Å². The van der Waals surface area contributed by atoms with E-state index in [0.29, 0.717) is 29.5 Å². The van der Waals surface area contributed by atoms with E-state index in [1.165, 1.54) is 0 Å². The van der Waals surface area contributed by atoms with E-state index in [4.69, 9.17) is 16.3 Å². The third-order valence-corrected chi connectivity index (χ3v) is 3.72. The quantitative estimate of drug-likeness (QED) is 0.878. The zero-order valence-corrected chi connectivity index (χ0v) is 13.4. The van der Waals surface area contributed by atoms with Crippen molar-refractivity contribution in [2.45, 2.75) is 45.3 Å². The third kappa shape index (κ3) is 4.35. The van der Waals surface area contributed by atoms with E-state index in [0.717, 1.165) is 5.56 Å². The van der Waals surface area contributed by atoms with Gasteiger partial charge in [0.15, 0.2) is 6.10 Å². The van der Waals surface area contributed by atoms with E-state index in [9.17, 15) is 9.90 Å². The van der Waals surface area contributed by atoms with Crippen LogP contribution in [-0.2, 0) is 11.2 Å². The number of carbonyl (C=O) groups is 1. The second-order valence-corrected chi connectivity index (χ2v) is 6.81. The Kier molecular flexibility index (Phi) is 4.79. The number of benzene rings is 1. The van der Waals surface area contributed by atoms with Crippen LogP contribution in [0.25, 0.3) is 0 Å². The van der Waals surface area contributed by atoms with Crippen molar-refractivity contribution in [2.24, 2.45) is 5.92 Å². The van der Waals surface area contributed by atoms with Crippen LogP contribution in [0.5, 0.6) is 5.75 Å². The monoisotopic (exact) mass is 311 g/mol. The second-order valence-electron chi connectivity index (χ2n) is 6.38. The minimum atomic E-state index is -0.904. The van der Waals surface area contributed by atoms with Gasteiger partial charge in [-0.25, -0.2) is 0 Å². The number of fused-ring (bicyclic) bond motifs is 1. The molecule has 1 aromatic rings. The molecule has 0 radical (unpaired) electrons. The Morgan fingerprint density at radius 1 is 1.57 bits per heavy atom. The topological polar surface area (TPSA) is 58.6 Å². The summed E-state index contributed by atoms with van der Waals surface area (Å²) in [6, 6.07) is 5.34. The molecule has 0 saturated carbocycles. The lowest BCUT2D eigenvalue weighted by molar-refractivity contribution is -0.128. The van der Waals surface area contributed by atoms with Crippen LogP contribution in [0.3, 0.4) is 0 Å². The summed E-state index contributed by atoms with van der Waals surface area (Å²) in [4.78, 5) is 12.2. The zero-order valence-electron chi connectivity index (χ0n) is 12.6. The number of carbonyl (C=O) groups excluding carboxylic acids is 1. The molecular weight excluding hydrogens is 290 g/mol. The molecule has 5 heteroatoms. The lowest BCUT2D eigenvalue weighted by atomic mass is 9.94. The van der Waals surface area contributed by atoms with Crippen molar-refractivity contribution in [1.29, 1.82) is 0 Å². The Bertz CT molecular complexity index is 528. The Morgan fingerprint density at radius 2 is 2.29 bits per heavy atom. The van der Waals surface area contributed by atoms with Crippen LogP contribution in [0.15, 0.2) is 18.2 Å². The van der Waals surface area contributed by atoms with Gasteiger partial charge in [-0.3, -0.25) is 4.79 Å². The number of hydrogen-bond acceptors (Lipinski definition) is 3. The predicted octanol–water partition coefficient (Wildman–Crippen LogP) is 2.56. The zero-order chi connectivity index (χ0) is 15.6. The Balaban J connectivity index is 1.89. The molecule has 21 heavy (non-hydrogen) atoms. The first-order valence-corrected chi connectivity index (χ1v) is 7.60. The minimum Gasteiger partial charge on any atom is -0.480 e. The van der Waals surface area contributed by atoms with Crippen molar-refractivity contribution < 1.29 is 14.6 Å². The molecular formula is C16H22ClNO3. The molecule has 0 aliphatic carbocycles. The molecule has 1 aliphatic heterocycles. The molecule has 116 valence electrons. The van der Waals surface area contributed by atoms with Crippen molar-refractivity contribution in [3.8, 4) is 5.75 Å². The molecule has 2 unspecified atom stereocenters. The molecule has 1 amide bonds. The van der Waals surface area contributed by atoms with Crippen LogP contribution in [0, 0.1) is 5.92 Å². The summed E-state index contributed by atoms with van der Waals surface area (Å²) in [7, 11) is 0. The number of ether oxygens (including phenoxy) is 1. The number of halogens is 1. The summed E-state index contributed by atoms with van der Waals surface area (Å²) in [6.07, 6.45) is 0.594. The summed E-state index contributed by atoms with van der Waals surface area (Å²) in [5, 5.41) is 13.6. The largest absolute Gasteiger partial charge is 0.480 e. The first-order valence-electron chi connectivity index (χ1n) is 7.22. The molecule has 0 saturated heterocycles. The van der Waals surface area contributed by atoms with Crippen molar-refractivity contribution in [1.82, 2.24) is 5.32 Å². The lowest BCUT2D eigenvalue weighted by Gasteiger charge is -2.26. The molecule has 2 N–H and O–H groups in total. The van der Waals surface area contributed by atoms with Gasteiger partial charge >= 0.3 is 0 Å². The van der Waals surface area contributed by atoms with Crippen molar-refractivity contribution in [3.05, 3.63) is 28.8 Å². The van der Waals surface area contributed by atoms with Gasteiger partial charge in [0.05, 0.1) is 5.60 Å². The molecule has 1 heterocycles. The van der Waals surface area contributed by atoms with Gasteiger partial charge in [-0.2, -0.15) is 0 Å². The van der Waals surface area contributed by atoms with E-state index >= 15 is 0 Å². The maximum Gasteiger partial charge on any atom is 0.261 e. The number of amides is 1. The average molecular weight is 312 g/mol. The predicted molar refractivity (Wildman–Crippen MR) is 82.7 cm³/mol. The van der Waals surface area contributed by atoms with E-state index in [1.54, 1.807) is 19.1 Å². The number of aliphatic hydroxyl groups is 1. The molecule has 0 fully saturated rings. The SMILES string of the molecule is CC(C)CC(C)(O)CNC(=O)C1Cc2cc(Cl)ccc2O1. The number of rotatable bonds is 5. The maximum atomic E-state index is 12.2. The molecule has 2 rings (SSSR count). The van der Waals surface area contributed by atoms with Crippen LogP contribution in [0.2, 0.25) is 5.02 Å². The first kappa shape index (κ1) is 16.1. The summed E-state index contributed by atoms with van der Waals surface area (Å²) >= 11 is 5.93. The normalized spacial score (nSPS) is 19.8. The van der Waals surface area contributed by atoms with Gasteiger partial charge < -0.3 is 15.2 Å². The fourth-order valence-electron chi connectivity index (χ4n) is 2.71. The van der Waals surface area contributed by atoms with Gasteiger partial charge in [-0.05, 0) is 43.0 Å². The number of hydrogen-bond donors (Lipinski definition) is 2. The van der Waals surface area contributed by atoms with Gasteiger partial charge in [0, 0.05) is 18.0 Å². The number of nitrogens with one attached hydrogen (secondary N) is 1. The highest BCUT2D eigenvalue weighted by Gasteiger charge is 2.31. The van der Waals surface area contributed by atoms with Crippen molar-refractivity contribution >= 4 is 17.5 Å². The molecule has 0 bridgehead atoms. The Hall–Kier alpha value is -1.26. The van der Waals surface area contributed by atoms with E-state index in [-0.39, 0.29) is 12.5 Å². The van der Waals surface area contributed by atoms with Crippen LogP contribution < -0.4 is 10.1 Å². The van der Waals surface area contributed by atoms with Crippen LogP contribution in [0.1, 0.15) is 32.8 Å². The highest BCUT2D eigenvalue weighted by atomic mass is 35.5. The summed E-state index contributed by atoms with van der Waals surface area (Å²) < 4.78 is 5.62. The van der Waals surface area contributed by atoms with E-state index < -0.39 is 11.7 Å². The second kappa shape index (κ2) is 6.24. The van der Waals surface area contributed by atoms with Gasteiger partial charge in [0.2, 0.25) is 0 Å². The Morgan fingerprint density at radius 3 is 2.95 bits per heavy atom. The van der Waals surface area contributed by atoms with Crippen LogP contribution in [0.4, 0.5) is 0 Å². The van der Waals surface area contributed by atoms with Gasteiger partial charge in [0.1, 0.15) is 5.75 Å². The van der Waals surface area contributed by atoms with Crippen molar-refractivity contribution in [3.63, 3.8) is 0 Å². The smallest absolute Gasteiger partial charge is 0.261 e. The summed E-state index contributed by atoms with van der Waals surface area (Å²) in [6.45, 7) is 6.03. The van der Waals surface area contributed by atoms with Gasteiger partial charge in [0.25, 0.3) is 5.91 Å². The third-order valence-electron chi connectivity index (χ3n) is 3.48. The lowest BCUT2D eigenvalue weighted by Crippen LogP contribution is -2.46. The first-order chi connectivity index (χ1) is 9.77.